The van der Waals surface area contributed by atoms with E-state index in [1.165, 1.54) is 17.2 Å². The van der Waals surface area contributed by atoms with Crippen molar-refractivity contribution < 1.29 is 13.6 Å². The predicted octanol–water partition coefficient (Wildman–Crippen LogP) is 6.09. The van der Waals surface area contributed by atoms with Gasteiger partial charge in [-0.1, -0.05) is 40.9 Å². The van der Waals surface area contributed by atoms with Crippen molar-refractivity contribution in [2.24, 2.45) is 0 Å². The van der Waals surface area contributed by atoms with Gasteiger partial charge >= 0.3 is 0 Å². The summed E-state index contributed by atoms with van der Waals surface area (Å²) in [5, 5.41) is 1.40. The van der Waals surface area contributed by atoms with Crippen molar-refractivity contribution in [1.82, 2.24) is 4.90 Å². The third kappa shape index (κ3) is 3.01. The number of halogens is 3. The second kappa shape index (κ2) is 7.20. The maximum atomic E-state index is 13.4. The number of hydrogen-bond acceptors (Lipinski definition) is 4. The van der Waals surface area contributed by atoms with Crippen LogP contribution in [0.5, 0.6) is 0 Å². The molecule has 5 rings (SSSR count). The highest BCUT2D eigenvalue weighted by Crippen LogP contribution is 2.40. The minimum Gasteiger partial charge on any atom is -0.467 e. The third-order valence-corrected chi connectivity index (χ3v) is 6.07. The zero-order chi connectivity index (χ0) is 21.0. The first-order valence-corrected chi connectivity index (χ1v) is 10.1. The van der Waals surface area contributed by atoms with Gasteiger partial charge in [0.15, 0.2) is 5.43 Å². The minimum absolute atomic E-state index is 0.00236. The monoisotopic (exact) mass is 459 g/mol. The first-order valence-electron chi connectivity index (χ1n) is 8.98. The van der Waals surface area contributed by atoms with Gasteiger partial charge in [0.1, 0.15) is 11.3 Å². The molecule has 30 heavy (non-hydrogen) atoms. The van der Waals surface area contributed by atoms with Crippen molar-refractivity contribution in [3.8, 4) is 0 Å². The van der Waals surface area contributed by atoms with Crippen LogP contribution in [0, 0.1) is 0 Å². The highest BCUT2D eigenvalue weighted by Gasteiger charge is 2.43. The molecule has 1 atom stereocenters. The summed E-state index contributed by atoms with van der Waals surface area (Å²) in [6, 6.07) is 12.5. The van der Waals surface area contributed by atoms with E-state index in [1.54, 1.807) is 42.5 Å². The van der Waals surface area contributed by atoms with Crippen LogP contribution in [-0.4, -0.2) is 10.8 Å². The minimum atomic E-state index is -0.716. The van der Waals surface area contributed by atoms with E-state index in [2.05, 4.69) is 0 Å². The topological polar surface area (TPSA) is 63.7 Å². The van der Waals surface area contributed by atoms with Crippen molar-refractivity contribution in [1.29, 1.82) is 0 Å². The van der Waals surface area contributed by atoms with Crippen LogP contribution in [0.15, 0.2) is 68.4 Å². The molecule has 0 fully saturated rings. The Morgan fingerprint density at radius 2 is 1.80 bits per heavy atom. The van der Waals surface area contributed by atoms with Crippen LogP contribution < -0.4 is 5.43 Å². The smallest absolute Gasteiger partial charge is 0.291 e. The van der Waals surface area contributed by atoms with E-state index in [0.717, 1.165) is 0 Å². The molecule has 0 saturated carbocycles. The summed E-state index contributed by atoms with van der Waals surface area (Å²) in [6.07, 6.45) is 1.52. The van der Waals surface area contributed by atoms with E-state index < -0.39 is 11.9 Å². The molecule has 5 nitrogen and oxygen atoms in total. The predicted molar refractivity (Wildman–Crippen MR) is 114 cm³/mol. The van der Waals surface area contributed by atoms with Crippen LogP contribution in [0.25, 0.3) is 11.0 Å². The van der Waals surface area contributed by atoms with Crippen molar-refractivity contribution in [2.45, 2.75) is 12.6 Å². The first-order chi connectivity index (χ1) is 14.4. The fourth-order valence-corrected chi connectivity index (χ4v) is 4.23. The van der Waals surface area contributed by atoms with Gasteiger partial charge in [0.25, 0.3) is 5.91 Å². The quantitative estimate of drug-likeness (QED) is 0.371. The number of rotatable bonds is 3. The van der Waals surface area contributed by atoms with Gasteiger partial charge in [0, 0.05) is 5.02 Å². The summed E-state index contributed by atoms with van der Waals surface area (Å²) in [7, 11) is 0. The fourth-order valence-electron chi connectivity index (χ4n) is 3.76. The lowest BCUT2D eigenvalue weighted by atomic mass is 9.98. The lowest BCUT2D eigenvalue weighted by Crippen LogP contribution is -2.29. The summed E-state index contributed by atoms with van der Waals surface area (Å²) in [5.41, 5.74) is 0.848. The Kier molecular flexibility index (Phi) is 4.62. The number of carbonyl (C=O) groups is 1. The van der Waals surface area contributed by atoms with Crippen LogP contribution in [-0.2, 0) is 6.54 Å². The lowest BCUT2D eigenvalue weighted by Gasteiger charge is -2.24. The second-order valence-corrected chi connectivity index (χ2v) is 8.15. The summed E-state index contributed by atoms with van der Waals surface area (Å²) in [4.78, 5) is 28.2. The summed E-state index contributed by atoms with van der Waals surface area (Å²) in [5.74, 6) is 0.158. The van der Waals surface area contributed by atoms with E-state index in [-0.39, 0.29) is 23.3 Å². The standard InChI is InChI=1S/C22H12Cl3NO4/c23-12-4-6-17-14(9-12)20(27)18-19(11-3-5-15(24)16(25)8-11)26(22(28)21(18)30-17)10-13-2-1-7-29-13/h1-9,19H,10H2. The summed E-state index contributed by atoms with van der Waals surface area (Å²) in [6.45, 7) is 0.150. The highest BCUT2D eigenvalue weighted by atomic mass is 35.5. The molecule has 0 radical (unpaired) electrons. The van der Waals surface area contributed by atoms with E-state index in [9.17, 15) is 9.59 Å². The molecule has 1 aliphatic heterocycles. The molecule has 0 aliphatic carbocycles. The fraction of sp³-hybridized carbons (Fsp3) is 0.0909. The van der Waals surface area contributed by atoms with Gasteiger partial charge in [-0.15, -0.1) is 0 Å². The van der Waals surface area contributed by atoms with Crippen LogP contribution in [0.2, 0.25) is 15.1 Å². The zero-order valence-corrected chi connectivity index (χ0v) is 17.5. The molecule has 3 heterocycles. The molecule has 0 spiro atoms. The van der Waals surface area contributed by atoms with Crippen LogP contribution in [0.1, 0.15) is 33.5 Å². The van der Waals surface area contributed by atoms with E-state index >= 15 is 0 Å². The molecule has 150 valence electrons. The first kappa shape index (κ1) is 19.2. The number of nitrogens with zero attached hydrogens (tertiary/aromatic N) is 1. The average molecular weight is 461 g/mol. The molecule has 1 amide bonds. The molecular weight excluding hydrogens is 449 g/mol. The Labute approximate surface area is 185 Å². The van der Waals surface area contributed by atoms with Gasteiger partial charge in [-0.25, -0.2) is 0 Å². The molecule has 4 aromatic rings. The van der Waals surface area contributed by atoms with Crippen molar-refractivity contribution in [2.75, 3.05) is 0 Å². The molecular formula is C22H12Cl3NO4. The molecule has 1 aliphatic rings. The number of carbonyl (C=O) groups excluding carboxylic acids is 1. The molecule has 0 bridgehead atoms. The SMILES string of the molecule is O=C1c2oc3ccc(Cl)cc3c(=O)c2C(c2ccc(Cl)c(Cl)c2)N1Cc1ccco1. The van der Waals surface area contributed by atoms with Crippen molar-refractivity contribution >= 4 is 51.7 Å². The number of hydrogen-bond donors (Lipinski definition) is 0. The number of benzene rings is 2. The van der Waals surface area contributed by atoms with E-state index in [1.807, 2.05) is 0 Å². The number of amides is 1. The summed E-state index contributed by atoms with van der Waals surface area (Å²) < 4.78 is 11.3. The molecule has 8 heteroatoms. The van der Waals surface area contributed by atoms with Gasteiger partial charge in [0.2, 0.25) is 5.76 Å². The highest BCUT2D eigenvalue weighted by molar-refractivity contribution is 6.42. The molecule has 0 saturated heterocycles. The van der Waals surface area contributed by atoms with Gasteiger partial charge in [-0.3, -0.25) is 9.59 Å². The second-order valence-electron chi connectivity index (χ2n) is 6.90. The molecule has 2 aromatic carbocycles. The summed E-state index contributed by atoms with van der Waals surface area (Å²) >= 11 is 18.4. The Morgan fingerprint density at radius 3 is 2.53 bits per heavy atom. The lowest BCUT2D eigenvalue weighted by molar-refractivity contribution is 0.0701. The third-order valence-electron chi connectivity index (χ3n) is 5.09. The normalized spacial score (nSPS) is 15.8. The Hall–Kier alpha value is -2.73. The average Bonchev–Trinajstić information content (AvgIpc) is 3.33. The number of furan rings is 1. The zero-order valence-electron chi connectivity index (χ0n) is 15.2. The Bertz CT molecular complexity index is 1360. The Balaban J connectivity index is 1.77. The van der Waals surface area contributed by atoms with Crippen molar-refractivity contribution in [3.05, 3.63) is 103 Å². The van der Waals surface area contributed by atoms with Gasteiger partial charge in [-0.2, -0.15) is 0 Å². The van der Waals surface area contributed by atoms with E-state index in [4.69, 9.17) is 43.6 Å². The van der Waals surface area contributed by atoms with Crippen LogP contribution >= 0.6 is 34.8 Å². The largest absolute Gasteiger partial charge is 0.467 e. The molecule has 1 unspecified atom stereocenters. The molecule has 0 N–H and O–H groups in total. The maximum Gasteiger partial charge on any atom is 0.291 e. The maximum absolute atomic E-state index is 13.4. The van der Waals surface area contributed by atoms with Crippen LogP contribution in [0.4, 0.5) is 0 Å². The van der Waals surface area contributed by atoms with Gasteiger partial charge < -0.3 is 13.7 Å². The number of fused-ring (bicyclic) bond motifs is 2. The van der Waals surface area contributed by atoms with Gasteiger partial charge in [0.05, 0.1) is 39.8 Å². The Morgan fingerprint density at radius 1 is 0.967 bits per heavy atom. The van der Waals surface area contributed by atoms with Crippen molar-refractivity contribution in [3.63, 3.8) is 0 Å². The van der Waals surface area contributed by atoms with E-state index in [0.29, 0.717) is 37.4 Å². The van der Waals surface area contributed by atoms with Gasteiger partial charge in [-0.05, 0) is 48.0 Å². The van der Waals surface area contributed by atoms with Crippen LogP contribution in [0.3, 0.4) is 0 Å². The molecule has 2 aromatic heterocycles.